The Kier molecular flexibility index (Phi) is 4.63. The number of H-pyrrole nitrogens is 1. The number of hydrogen-bond donors (Lipinski definition) is 2. The summed E-state index contributed by atoms with van der Waals surface area (Å²) in [4.78, 5) is 23.5. The van der Waals surface area contributed by atoms with Crippen LogP contribution in [0, 0.1) is 0 Å². The summed E-state index contributed by atoms with van der Waals surface area (Å²) >= 11 is 5.73. The maximum atomic E-state index is 13.4. The summed E-state index contributed by atoms with van der Waals surface area (Å²) in [6.07, 6.45) is -0.550. The molecule has 1 aromatic carbocycles. The number of pyridine rings is 1. The number of carbonyl (C=O) groups excluding carboxylic acids is 1. The molecule has 0 aliphatic carbocycles. The minimum Gasteiger partial charge on any atom is -0.337 e. The zero-order valence-corrected chi connectivity index (χ0v) is 15.1. The Balaban J connectivity index is 1.79. The topological polar surface area (TPSA) is 96.5 Å². The van der Waals surface area contributed by atoms with E-state index >= 15 is 0 Å². The molecule has 146 valence electrons. The smallest absolute Gasteiger partial charge is 0.337 e. The van der Waals surface area contributed by atoms with Crippen LogP contribution in [0.3, 0.4) is 0 Å². The molecule has 11 heteroatoms. The van der Waals surface area contributed by atoms with Gasteiger partial charge >= 0.3 is 6.18 Å². The highest BCUT2D eigenvalue weighted by Gasteiger charge is 2.35. The number of halogens is 4. The Morgan fingerprint density at radius 2 is 2.00 bits per heavy atom. The van der Waals surface area contributed by atoms with Crippen molar-refractivity contribution >= 4 is 34.4 Å². The Hall–Kier alpha value is -3.53. The molecule has 0 spiro atoms. The van der Waals surface area contributed by atoms with Gasteiger partial charge in [0.2, 0.25) is 0 Å². The van der Waals surface area contributed by atoms with Crippen molar-refractivity contribution in [3.63, 3.8) is 0 Å². The lowest BCUT2D eigenvalue weighted by molar-refractivity contribution is -0.137. The van der Waals surface area contributed by atoms with Gasteiger partial charge in [0.05, 0.1) is 22.8 Å². The van der Waals surface area contributed by atoms with Crippen LogP contribution in [0.15, 0.2) is 48.9 Å². The minimum atomic E-state index is -4.64. The Morgan fingerprint density at radius 3 is 2.72 bits per heavy atom. The number of alkyl halides is 3. The second kappa shape index (κ2) is 7.13. The van der Waals surface area contributed by atoms with Crippen molar-refractivity contribution < 1.29 is 18.0 Å². The van der Waals surface area contributed by atoms with Crippen LogP contribution < -0.4 is 5.32 Å². The highest BCUT2D eigenvalue weighted by atomic mass is 35.5. The largest absolute Gasteiger partial charge is 0.417 e. The Labute approximate surface area is 166 Å². The summed E-state index contributed by atoms with van der Waals surface area (Å²) in [7, 11) is 0. The van der Waals surface area contributed by atoms with Gasteiger partial charge in [0.1, 0.15) is 11.3 Å². The number of anilines is 1. The molecule has 2 N–H and O–H groups in total. The molecular weight excluding hydrogens is 409 g/mol. The van der Waals surface area contributed by atoms with E-state index in [2.05, 4.69) is 30.5 Å². The molecule has 0 radical (unpaired) electrons. The van der Waals surface area contributed by atoms with Gasteiger partial charge in [-0.1, -0.05) is 11.6 Å². The lowest BCUT2D eigenvalue weighted by atomic mass is 10.1. The van der Waals surface area contributed by atoms with Gasteiger partial charge in [-0.2, -0.15) is 18.3 Å². The maximum absolute atomic E-state index is 13.4. The lowest BCUT2D eigenvalue weighted by Crippen LogP contribution is -2.14. The molecule has 0 aliphatic rings. The number of rotatable bonds is 3. The fourth-order valence-corrected chi connectivity index (χ4v) is 2.91. The molecule has 29 heavy (non-hydrogen) atoms. The van der Waals surface area contributed by atoms with E-state index in [0.29, 0.717) is 5.52 Å². The average molecular weight is 419 g/mol. The number of nitrogens with one attached hydrogen (secondary N) is 2. The molecular formula is C18H10ClF3N6O. The molecule has 3 heterocycles. The molecule has 0 fully saturated rings. The van der Waals surface area contributed by atoms with Crippen LogP contribution in [-0.2, 0) is 6.18 Å². The summed E-state index contributed by atoms with van der Waals surface area (Å²) in [5, 5.41) is 9.90. The van der Waals surface area contributed by atoms with Crippen LogP contribution in [0.1, 0.15) is 15.9 Å². The molecule has 7 nitrogen and oxygen atoms in total. The maximum Gasteiger partial charge on any atom is 0.417 e. The number of amides is 1. The predicted octanol–water partition coefficient (Wildman–Crippen LogP) is 4.34. The number of fused-ring (bicyclic) bond motifs is 1. The summed E-state index contributed by atoms with van der Waals surface area (Å²) in [6.45, 7) is 0. The first kappa shape index (κ1) is 18.8. The molecule has 1 amide bonds. The van der Waals surface area contributed by atoms with Crippen LogP contribution in [-0.4, -0.2) is 31.1 Å². The van der Waals surface area contributed by atoms with E-state index in [1.54, 1.807) is 6.07 Å². The number of aromatic amines is 1. The van der Waals surface area contributed by atoms with Gasteiger partial charge in [-0.05, 0) is 30.3 Å². The molecule has 0 atom stereocenters. The van der Waals surface area contributed by atoms with E-state index in [4.69, 9.17) is 11.6 Å². The first-order chi connectivity index (χ1) is 13.8. The van der Waals surface area contributed by atoms with E-state index in [0.717, 1.165) is 6.07 Å². The SMILES string of the molecule is O=C(Nc1cccnn1)c1cncc2[nH]c(-c3ccc(Cl)cc3C(F)(F)F)nc12. The average Bonchev–Trinajstić information content (AvgIpc) is 3.12. The van der Waals surface area contributed by atoms with Crippen molar-refractivity contribution in [2.24, 2.45) is 0 Å². The monoisotopic (exact) mass is 418 g/mol. The Morgan fingerprint density at radius 1 is 1.17 bits per heavy atom. The van der Waals surface area contributed by atoms with Crippen molar-refractivity contribution in [2.45, 2.75) is 6.18 Å². The van der Waals surface area contributed by atoms with Crippen LogP contribution >= 0.6 is 11.6 Å². The minimum absolute atomic E-state index is 0.0529. The standard InChI is InChI=1S/C18H10ClF3N6O/c19-9-3-4-10(12(6-9)18(20,21)22)16-25-13-8-23-7-11(15(13)27-16)17(29)26-14-2-1-5-24-28-14/h1-8H,(H,25,27)(H,26,28,29). The van der Waals surface area contributed by atoms with Gasteiger partial charge < -0.3 is 10.3 Å². The normalized spacial score (nSPS) is 11.6. The van der Waals surface area contributed by atoms with Gasteiger partial charge in [-0.3, -0.25) is 9.78 Å². The fourth-order valence-electron chi connectivity index (χ4n) is 2.74. The van der Waals surface area contributed by atoms with Crippen LogP contribution in [0.4, 0.5) is 19.0 Å². The van der Waals surface area contributed by atoms with Crippen molar-refractivity contribution in [2.75, 3.05) is 5.32 Å². The second-order valence-corrected chi connectivity index (χ2v) is 6.36. The highest BCUT2D eigenvalue weighted by molar-refractivity contribution is 6.30. The number of aromatic nitrogens is 5. The summed E-state index contributed by atoms with van der Waals surface area (Å²) in [5.74, 6) is -0.429. The van der Waals surface area contributed by atoms with E-state index in [9.17, 15) is 18.0 Å². The van der Waals surface area contributed by atoms with Crippen molar-refractivity contribution in [3.8, 4) is 11.4 Å². The molecule has 0 unspecified atom stereocenters. The van der Waals surface area contributed by atoms with Gasteiger partial charge in [0, 0.05) is 23.0 Å². The number of benzene rings is 1. The molecule has 0 bridgehead atoms. The van der Waals surface area contributed by atoms with E-state index < -0.39 is 17.6 Å². The summed E-state index contributed by atoms with van der Waals surface area (Å²) < 4.78 is 40.3. The van der Waals surface area contributed by atoms with Crippen molar-refractivity contribution in [1.29, 1.82) is 0 Å². The molecule has 3 aromatic heterocycles. The summed E-state index contributed by atoms with van der Waals surface area (Å²) in [5.41, 5.74) is -0.603. The second-order valence-electron chi connectivity index (χ2n) is 5.92. The third-order valence-corrected chi connectivity index (χ3v) is 4.23. The number of imidazole rings is 1. The predicted molar refractivity (Wildman–Crippen MR) is 99.3 cm³/mol. The zero-order valence-electron chi connectivity index (χ0n) is 14.3. The first-order valence-corrected chi connectivity index (χ1v) is 8.50. The van der Waals surface area contributed by atoms with Gasteiger partial charge in [-0.25, -0.2) is 4.98 Å². The fraction of sp³-hybridized carbons (Fsp3) is 0.0556. The van der Waals surface area contributed by atoms with Crippen molar-refractivity contribution in [1.82, 2.24) is 25.1 Å². The van der Waals surface area contributed by atoms with Gasteiger partial charge in [0.25, 0.3) is 5.91 Å². The van der Waals surface area contributed by atoms with E-state index in [1.807, 2.05) is 0 Å². The summed E-state index contributed by atoms with van der Waals surface area (Å²) in [6, 6.07) is 6.50. The third kappa shape index (κ3) is 3.74. The number of carbonyl (C=O) groups is 1. The molecule has 0 saturated carbocycles. The molecule has 4 aromatic rings. The van der Waals surface area contributed by atoms with E-state index in [1.165, 1.54) is 36.8 Å². The Bertz CT molecular complexity index is 1210. The number of nitrogens with zero attached hydrogens (tertiary/aromatic N) is 4. The van der Waals surface area contributed by atoms with Gasteiger partial charge in [-0.15, -0.1) is 5.10 Å². The van der Waals surface area contributed by atoms with Crippen LogP contribution in [0.5, 0.6) is 0 Å². The van der Waals surface area contributed by atoms with Crippen LogP contribution in [0.2, 0.25) is 5.02 Å². The third-order valence-electron chi connectivity index (χ3n) is 3.99. The molecule has 0 aliphatic heterocycles. The van der Waals surface area contributed by atoms with Crippen molar-refractivity contribution in [3.05, 3.63) is 65.1 Å². The first-order valence-electron chi connectivity index (χ1n) is 8.13. The zero-order chi connectivity index (χ0) is 20.6. The highest BCUT2D eigenvalue weighted by Crippen LogP contribution is 2.38. The molecule has 4 rings (SSSR count). The van der Waals surface area contributed by atoms with Crippen LogP contribution in [0.25, 0.3) is 22.4 Å². The molecule has 0 saturated heterocycles. The van der Waals surface area contributed by atoms with E-state index in [-0.39, 0.29) is 33.3 Å². The van der Waals surface area contributed by atoms with Gasteiger partial charge in [0.15, 0.2) is 5.82 Å². The number of hydrogen-bond acceptors (Lipinski definition) is 5. The lowest BCUT2D eigenvalue weighted by Gasteiger charge is -2.11. The quantitative estimate of drug-likeness (QED) is 0.516.